The zero-order chi connectivity index (χ0) is 20.2. The average molecular weight is 415 g/mol. The quantitative estimate of drug-likeness (QED) is 0.388. The number of halogens is 1. The number of esters is 1. The molecule has 0 bridgehead atoms. The molecule has 0 aliphatic heterocycles. The van der Waals surface area contributed by atoms with E-state index in [2.05, 4.69) is 4.74 Å². The Balaban J connectivity index is 2.65. The van der Waals surface area contributed by atoms with Crippen molar-refractivity contribution >= 4 is 39.0 Å². The first-order valence-corrected chi connectivity index (χ1v) is 9.20. The number of methoxy groups -OCH3 is 2. The molecule has 2 aromatic carbocycles. The predicted octanol–water partition coefficient (Wildman–Crippen LogP) is 2.63. The Labute approximate surface area is 160 Å². The molecule has 0 atom stereocenters. The number of ether oxygens (including phenoxy) is 2. The van der Waals surface area contributed by atoms with Crippen molar-refractivity contribution in [2.24, 2.45) is 0 Å². The molecule has 2 rings (SSSR count). The van der Waals surface area contributed by atoms with Gasteiger partial charge >= 0.3 is 5.97 Å². The Morgan fingerprint density at radius 2 is 1.89 bits per heavy atom. The zero-order valence-electron chi connectivity index (χ0n) is 14.3. The molecule has 0 saturated heterocycles. The van der Waals surface area contributed by atoms with Crippen LogP contribution in [0.4, 0.5) is 11.4 Å². The minimum absolute atomic E-state index is 0.0179. The molecule has 144 valence electrons. The molecule has 0 saturated carbocycles. The van der Waals surface area contributed by atoms with Gasteiger partial charge in [0.2, 0.25) is 0 Å². The summed E-state index contributed by atoms with van der Waals surface area (Å²) < 4.78 is 36.5. The standard InChI is InChI=1S/C16H15ClN2O7S/c1-25-14-8-7-11(9-12(14)17)18(10-16(20)26-2)27(23,24)15-6-4-3-5-13(15)19(21)22/h3-9H,10H2,1-2H3. The number of carbonyl (C=O) groups excluding carboxylic acids is 1. The fourth-order valence-electron chi connectivity index (χ4n) is 2.25. The normalized spacial score (nSPS) is 10.9. The molecule has 0 spiro atoms. The first kappa shape index (κ1) is 20.5. The number of anilines is 1. The number of carbonyl (C=O) groups is 1. The van der Waals surface area contributed by atoms with Crippen molar-refractivity contribution in [2.45, 2.75) is 4.90 Å². The number of benzene rings is 2. The van der Waals surface area contributed by atoms with Crippen LogP contribution in [0.25, 0.3) is 0 Å². The lowest BCUT2D eigenvalue weighted by atomic mass is 10.3. The fourth-order valence-corrected chi connectivity index (χ4v) is 4.07. The Morgan fingerprint density at radius 1 is 1.22 bits per heavy atom. The maximum Gasteiger partial charge on any atom is 0.326 e. The molecular formula is C16H15ClN2O7S. The number of nitro benzene ring substituents is 1. The Hall–Kier alpha value is -2.85. The van der Waals surface area contributed by atoms with Crippen LogP contribution in [0.5, 0.6) is 5.75 Å². The molecule has 2 aromatic rings. The fraction of sp³-hybridized carbons (Fsp3) is 0.188. The SMILES string of the molecule is COC(=O)CN(c1ccc(OC)c(Cl)c1)S(=O)(=O)c1ccccc1[N+](=O)[O-]. The zero-order valence-corrected chi connectivity index (χ0v) is 15.9. The van der Waals surface area contributed by atoms with Crippen molar-refractivity contribution in [2.75, 3.05) is 25.1 Å². The highest BCUT2D eigenvalue weighted by molar-refractivity contribution is 7.93. The molecule has 0 N–H and O–H groups in total. The second-order valence-electron chi connectivity index (χ2n) is 5.13. The van der Waals surface area contributed by atoms with E-state index in [-0.39, 0.29) is 10.7 Å². The monoisotopic (exact) mass is 414 g/mol. The summed E-state index contributed by atoms with van der Waals surface area (Å²) in [6, 6.07) is 8.88. The topological polar surface area (TPSA) is 116 Å². The Morgan fingerprint density at radius 3 is 2.44 bits per heavy atom. The Kier molecular flexibility index (Phi) is 6.24. The highest BCUT2D eigenvalue weighted by Gasteiger charge is 2.33. The summed E-state index contributed by atoms with van der Waals surface area (Å²) in [5, 5.41) is 11.3. The number of sulfonamides is 1. The molecule has 0 unspecified atom stereocenters. The molecule has 0 amide bonds. The summed E-state index contributed by atoms with van der Waals surface area (Å²) in [5.74, 6) is -0.564. The van der Waals surface area contributed by atoms with E-state index in [1.807, 2.05) is 0 Å². The number of para-hydroxylation sites is 1. The van der Waals surface area contributed by atoms with Crippen molar-refractivity contribution in [3.63, 3.8) is 0 Å². The number of hydrogen-bond donors (Lipinski definition) is 0. The molecule has 9 nitrogen and oxygen atoms in total. The van der Waals surface area contributed by atoms with Gasteiger partial charge in [0.1, 0.15) is 12.3 Å². The van der Waals surface area contributed by atoms with Crippen LogP contribution in [0.15, 0.2) is 47.4 Å². The molecule has 27 heavy (non-hydrogen) atoms. The van der Waals surface area contributed by atoms with Gasteiger partial charge in [-0.1, -0.05) is 23.7 Å². The maximum atomic E-state index is 13.1. The van der Waals surface area contributed by atoms with Crippen LogP contribution in [0.1, 0.15) is 0 Å². The van der Waals surface area contributed by atoms with Crippen LogP contribution in [0.2, 0.25) is 5.02 Å². The maximum absolute atomic E-state index is 13.1. The van der Waals surface area contributed by atoms with Gasteiger partial charge in [-0.3, -0.25) is 19.2 Å². The van der Waals surface area contributed by atoms with Gasteiger partial charge in [-0.2, -0.15) is 0 Å². The molecule has 0 aliphatic rings. The van der Waals surface area contributed by atoms with E-state index >= 15 is 0 Å². The lowest BCUT2D eigenvalue weighted by Gasteiger charge is -2.23. The van der Waals surface area contributed by atoms with E-state index in [1.165, 1.54) is 37.4 Å². The van der Waals surface area contributed by atoms with Crippen molar-refractivity contribution in [1.82, 2.24) is 0 Å². The van der Waals surface area contributed by atoms with E-state index in [4.69, 9.17) is 16.3 Å². The van der Waals surface area contributed by atoms with E-state index in [0.717, 1.165) is 19.2 Å². The third kappa shape index (κ3) is 4.29. The van der Waals surface area contributed by atoms with Gasteiger partial charge < -0.3 is 9.47 Å². The summed E-state index contributed by atoms with van der Waals surface area (Å²) in [5.41, 5.74) is -0.601. The van der Waals surface area contributed by atoms with Crippen molar-refractivity contribution in [1.29, 1.82) is 0 Å². The van der Waals surface area contributed by atoms with E-state index in [9.17, 15) is 23.3 Å². The van der Waals surface area contributed by atoms with Crippen LogP contribution in [-0.2, 0) is 19.6 Å². The highest BCUT2D eigenvalue weighted by Crippen LogP contribution is 2.34. The van der Waals surface area contributed by atoms with E-state index in [0.29, 0.717) is 10.1 Å². The first-order valence-electron chi connectivity index (χ1n) is 7.39. The molecule has 11 heteroatoms. The molecule has 0 aliphatic carbocycles. The number of nitro groups is 1. The van der Waals surface area contributed by atoms with Crippen molar-refractivity contribution < 1.29 is 27.6 Å². The van der Waals surface area contributed by atoms with Crippen LogP contribution in [0.3, 0.4) is 0 Å². The Bertz CT molecular complexity index is 978. The summed E-state index contributed by atoms with van der Waals surface area (Å²) in [6.07, 6.45) is 0. The number of rotatable bonds is 7. The molecular weight excluding hydrogens is 400 g/mol. The second-order valence-corrected chi connectivity index (χ2v) is 7.37. The smallest absolute Gasteiger partial charge is 0.326 e. The van der Waals surface area contributed by atoms with Gasteiger partial charge in [0, 0.05) is 6.07 Å². The molecule has 0 heterocycles. The lowest BCUT2D eigenvalue weighted by molar-refractivity contribution is -0.387. The van der Waals surface area contributed by atoms with Gasteiger partial charge in [0.15, 0.2) is 4.90 Å². The van der Waals surface area contributed by atoms with Gasteiger partial charge in [-0.15, -0.1) is 0 Å². The number of nitrogens with zero attached hydrogens (tertiary/aromatic N) is 2. The van der Waals surface area contributed by atoms with Crippen LogP contribution in [0, 0.1) is 10.1 Å². The predicted molar refractivity (Wildman–Crippen MR) is 97.6 cm³/mol. The molecule has 0 aromatic heterocycles. The average Bonchev–Trinajstić information content (AvgIpc) is 2.65. The van der Waals surface area contributed by atoms with Gasteiger partial charge in [-0.05, 0) is 24.3 Å². The van der Waals surface area contributed by atoms with Crippen molar-refractivity contribution in [3.05, 3.63) is 57.6 Å². The summed E-state index contributed by atoms with van der Waals surface area (Å²) in [6.45, 7) is -0.701. The van der Waals surface area contributed by atoms with Gasteiger partial charge in [0.25, 0.3) is 15.7 Å². The summed E-state index contributed by atoms with van der Waals surface area (Å²) in [7, 11) is -2.00. The van der Waals surface area contributed by atoms with E-state index in [1.54, 1.807) is 0 Å². The number of hydrogen-bond acceptors (Lipinski definition) is 7. The van der Waals surface area contributed by atoms with E-state index < -0.39 is 38.0 Å². The summed E-state index contributed by atoms with van der Waals surface area (Å²) in [4.78, 5) is 21.6. The van der Waals surface area contributed by atoms with Crippen LogP contribution in [-0.4, -0.2) is 40.1 Å². The van der Waals surface area contributed by atoms with Gasteiger partial charge in [-0.25, -0.2) is 8.42 Å². The minimum atomic E-state index is -4.48. The molecule has 0 fully saturated rings. The lowest BCUT2D eigenvalue weighted by Crippen LogP contribution is -2.36. The van der Waals surface area contributed by atoms with Crippen molar-refractivity contribution in [3.8, 4) is 5.75 Å². The van der Waals surface area contributed by atoms with Gasteiger partial charge in [0.05, 0.1) is 29.9 Å². The largest absolute Gasteiger partial charge is 0.495 e. The summed E-state index contributed by atoms with van der Waals surface area (Å²) >= 11 is 6.05. The van der Waals surface area contributed by atoms with Crippen LogP contribution < -0.4 is 9.04 Å². The minimum Gasteiger partial charge on any atom is -0.495 e. The highest BCUT2D eigenvalue weighted by atomic mass is 35.5. The first-order chi connectivity index (χ1) is 12.7. The third-order valence-corrected chi connectivity index (χ3v) is 5.67. The molecule has 0 radical (unpaired) electrons. The third-order valence-electron chi connectivity index (χ3n) is 3.55. The second kappa shape index (κ2) is 8.23. The van der Waals surface area contributed by atoms with Crippen LogP contribution >= 0.6 is 11.6 Å².